The van der Waals surface area contributed by atoms with Crippen LogP contribution in [0.3, 0.4) is 0 Å². The lowest BCUT2D eigenvalue weighted by Crippen LogP contribution is -2.33. The fraction of sp³-hybridized carbons (Fsp3) is 0.474. The van der Waals surface area contributed by atoms with Crippen molar-refractivity contribution in [2.24, 2.45) is 5.92 Å². The summed E-state index contributed by atoms with van der Waals surface area (Å²) >= 11 is 16.3. The zero-order chi connectivity index (χ0) is 35.2. The van der Waals surface area contributed by atoms with Crippen LogP contribution in [0.5, 0.6) is 0 Å². The molecule has 0 radical (unpaired) electrons. The number of para-hydroxylation sites is 2. The first-order chi connectivity index (χ1) is 23.7. The van der Waals surface area contributed by atoms with Crippen LogP contribution in [0.4, 0.5) is 17.1 Å². The number of unbranched alkanes of at least 4 members (excludes halogenated alkanes) is 1. The highest BCUT2D eigenvalue weighted by atomic mass is 79.9. The quantitative estimate of drug-likeness (QED) is 0.0868. The van der Waals surface area contributed by atoms with Gasteiger partial charge in [0.1, 0.15) is 13.2 Å². The number of benzene rings is 3. The van der Waals surface area contributed by atoms with E-state index < -0.39 is 0 Å². The van der Waals surface area contributed by atoms with Gasteiger partial charge in [0.2, 0.25) is 0 Å². The number of ether oxygens (including phenoxy) is 2. The van der Waals surface area contributed by atoms with Gasteiger partial charge in [-0.25, -0.2) is 4.79 Å². The third-order valence-corrected chi connectivity index (χ3v) is 10.3. The van der Waals surface area contributed by atoms with Gasteiger partial charge in [0.25, 0.3) is 0 Å². The molecule has 1 aliphatic carbocycles. The van der Waals surface area contributed by atoms with Crippen molar-refractivity contribution in [2.75, 3.05) is 50.4 Å². The van der Waals surface area contributed by atoms with Gasteiger partial charge in [-0.15, -0.1) is 0 Å². The molecule has 3 aromatic rings. The van der Waals surface area contributed by atoms with Gasteiger partial charge in [0.15, 0.2) is 0 Å². The van der Waals surface area contributed by atoms with Crippen molar-refractivity contribution in [3.05, 3.63) is 85.8 Å². The molecule has 49 heavy (non-hydrogen) atoms. The summed E-state index contributed by atoms with van der Waals surface area (Å²) in [5.74, 6) is -0.238. The lowest BCUT2D eigenvalue weighted by molar-refractivity contribution is -0.143. The molecule has 4 rings (SSSR count). The van der Waals surface area contributed by atoms with Crippen LogP contribution in [0.1, 0.15) is 86.3 Å². The van der Waals surface area contributed by atoms with Crippen molar-refractivity contribution in [1.82, 2.24) is 10.2 Å². The lowest BCUT2D eigenvalue weighted by Gasteiger charge is -2.32. The number of hydrogen-bond donors (Lipinski definition) is 3. The second-order valence-corrected chi connectivity index (χ2v) is 14.2. The minimum Gasteiger partial charge on any atom is -0.464 e. The summed E-state index contributed by atoms with van der Waals surface area (Å²) in [4.78, 5) is 28.3. The summed E-state index contributed by atoms with van der Waals surface area (Å²) in [6.45, 7) is 7.35. The second-order valence-electron chi connectivity index (χ2n) is 12.5. The number of hydrogen-bond acceptors (Lipinski definition) is 8. The summed E-state index contributed by atoms with van der Waals surface area (Å²) in [5, 5.41) is 7.86. The molecule has 3 aromatic carbocycles. The molecule has 0 spiro atoms. The largest absolute Gasteiger partial charge is 0.464 e. The molecule has 0 saturated heterocycles. The molecule has 1 unspecified atom stereocenters. The summed E-state index contributed by atoms with van der Waals surface area (Å²) in [7, 11) is 0. The first kappa shape index (κ1) is 39.0. The first-order valence-corrected chi connectivity index (χ1v) is 18.9. The number of nitrogen functional groups attached to an aromatic ring is 1. The Balaban J connectivity index is 1.30. The Morgan fingerprint density at radius 1 is 0.959 bits per heavy atom. The summed E-state index contributed by atoms with van der Waals surface area (Å²) < 4.78 is 12.1. The molecule has 8 nitrogen and oxygen atoms in total. The smallest absolute Gasteiger partial charge is 0.338 e. The molecule has 4 N–H and O–H groups in total. The van der Waals surface area contributed by atoms with E-state index >= 15 is 0 Å². The maximum atomic E-state index is 13.3. The molecule has 0 heterocycles. The number of halogens is 3. The number of anilines is 3. The van der Waals surface area contributed by atoms with E-state index in [1.165, 1.54) is 19.3 Å². The predicted octanol–water partition coefficient (Wildman–Crippen LogP) is 9.36. The van der Waals surface area contributed by atoms with Crippen LogP contribution in [0.15, 0.2) is 59.1 Å². The van der Waals surface area contributed by atoms with Crippen molar-refractivity contribution in [3.63, 3.8) is 0 Å². The lowest BCUT2D eigenvalue weighted by atomic mass is 9.80. The van der Waals surface area contributed by atoms with Gasteiger partial charge in [0.05, 0.1) is 33.4 Å². The maximum Gasteiger partial charge on any atom is 0.338 e. The molecule has 0 aromatic heterocycles. The average molecular weight is 777 g/mol. The highest BCUT2D eigenvalue weighted by Gasteiger charge is 2.28. The highest BCUT2D eigenvalue weighted by molar-refractivity contribution is 9.10. The van der Waals surface area contributed by atoms with Crippen LogP contribution in [-0.4, -0.2) is 56.2 Å². The molecule has 0 amide bonds. The molecule has 1 aliphatic rings. The number of rotatable bonds is 18. The van der Waals surface area contributed by atoms with Crippen LogP contribution in [0, 0.1) is 5.92 Å². The summed E-state index contributed by atoms with van der Waals surface area (Å²) in [6, 6.07) is 16.5. The molecular formula is C38H49BrCl2N4O4. The number of nitrogens with zero attached hydrogens (tertiary/aromatic N) is 1. The van der Waals surface area contributed by atoms with Crippen molar-refractivity contribution in [1.29, 1.82) is 0 Å². The van der Waals surface area contributed by atoms with Gasteiger partial charge < -0.3 is 25.8 Å². The molecule has 1 saturated carbocycles. The van der Waals surface area contributed by atoms with Crippen molar-refractivity contribution >= 4 is 68.1 Å². The van der Waals surface area contributed by atoms with E-state index in [9.17, 15) is 9.59 Å². The molecule has 0 aliphatic heterocycles. The fourth-order valence-corrected chi connectivity index (χ4v) is 7.31. The average Bonchev–Trinajstić information content (AvgIpc) is 3.09. The predicted molar refractivity (Wildman–Crippen MR) is 204 cm³/mol. The zero-order valence-electron chi connectivity index (χ0n) is 28.5. The fourth-order valence-electron chi connectivity index (χ4n) is 6.34. The maximum absolute atomic E-state index is 13.3. The van der Waals surface area contributed by atoms with Gasteiger partial charge in [0, 0.05) is 29.3 Å². The molecule has 11 heteroatoms. The van der Waals surface area contributed by atoms with Crippen LogP contribution in [0.2, 0.25) is 10.0 Å². The first-order valence-electron chi connectivity index (χ1n) is 17.4. The molecular weight excluding hydrogens is 727 g/mol. The number of carbonyl (C=O) groups is 2. The van der Waals surface area contributed by atoms with E-state index in [1.807, 2.05) is 30.3 Å². The van der Waals surface area contributed by atoms with E-state index in [1.54, 1.807) is 24.3 Å². The Labute approximate surface area is 309 Å². The molecule has 0 bridgehead atoms. The minimum atomic E-state index is -0.381. The van der Waals surface area contributed by atoms with Crippen molar-refractivity contribution in [2.45, 2.75) is 71.3 Å². The van der Waals surface area contributed by atoms with Crippen molar-refractivity contribution < 1.29 is 19.1 Å². The van der Waals surface area contributed by atoms with Crippen molar-refractivity contribution in [3.8, 4) is 0 Å². The molecule has 266 valence electrons. The van der Waals surface area contributed by atoms with Gasteiger partial charge in [-0.05, 0) is 95.7 Å². The van der Waals surface area contributed by atoms with Gasteiger partial charge >= 0.3 is 11.9 Å². The minimum absolute atomic E-state index is 0.0896. The van der Waals surface area contributed by atoms with Gasteiger partial charge in [-0.2, -0.15) is 0 Å². The van der Waals surface area contributed by atoms with E-state index in [4.69, 9.17) is 38.4 Å². The Morgan fingerprint density at radius 2 is 1.65 bits per heavy atom. The van der Waals surface area contributed by atoms with E-state index in [-0.39, 0.29) is 37.6 Å². The number of esters is 2. The molecule has 1 atom stereocenters. The normalized spacial score (nSPS) is 14.1. The van der Waals surface area contributed by atoms with Crippen LogP contribution in [-0.2, 0) is 20.7 Å². The third-order valence-electron chi connectivity index (χ3n) is 8.99. The molecule has 1 fully saturated rings. The number of carbonyl (C=O) groups excluding carboxylic acids is 2. The standard InChI is InChI=1S/C38H49BrCl2N4O4/c1-3-5-18-45(19-21-48-34(46)25-27-14-9-10-17-33(27)44-37-31(40)15-11-16-32(37)41)20-22-49-38(47)28-23-29(35(42)30(39)24-28)36(43-4-2)26-12-7-6-8-13-26/h9-11,14-17,23-24,26,36,43-44H,3-8,12-13,18-22,25,42H2,1-2H3. The van der Waals surface area contributed by atoms with Crippen LogP contribution in [0.25, 0.3) is 0 Å². The topological polar surface area (TPSA) is 106 Å². The van der Waals surface area contributed by atoms with Crippen LogP contribution < -0.4 is 16.4 Å². The zero-order valence-corrected chi connectivity index (χ0v) is 31.6. The number of nitrogens with two attached hydrogens (primary N) is 1. The Kier molecular flexibility index (Phi) is 16.0. The van der Waals surface area contributed by atoms with E-state index in [0.717, 1.165) is 55.6 Å². The van der Waals surface area contributed by atoms with E-state index in [2.05, 4.69) is 45.3 Å². The Hall–Kier alpha value is -2.82. The number of nitrogens with one attached hydrogen (secondary N) is 2. The summed E-state index contributed by atoms with van der Waals surface area (Å²) in [6.07, 6.45) is 8.09. The SMILES string of the molecule is CCCCN(CCOC(=O)Cc1ccccc1Nc1c(Cl)cccc1Cl)CCOC(=O)c1cc(Br)c(N)c(C(NCC)C2CCCCC2)c1. The monoisotopic (exact) mass is 774 g/mol. The van der Waals surface area contributed by atoms with Gasteiger partial charge in [-0.3, -0.25) is 9.69 Å². The third kappa shape index (κ3) is 11.6. The van der Waals surface area contributed by atoms with Crippen LogP contribution >= 0.6 is 39.1 Å². The van der Waals surface area contributed by atoms with Gasteiger partial charge in [-0.1, -0.05) is 87.0 Å². The Bertz CT molecular complexity index is 1520. The van der Waals surface area contributed by atoms with E-state index in [0.29, 0.717) is 50.5 Å². The second kappa shape index (κ2) is 20.1. The highest BCUT2D eigenvalue weighted by Crippen LogP contribution is 2.39. The Morgan fingerprint density at radius 3 is 2.35 bits per heavy atom. The summed E-state index contributed by atoms with van der Waals surface area (Å²) in [5.41, 5.74) is 10.7.